The van der Waals surface area contributed by atoms with Crippen LogP contribution < -0.4 is 16.4 Å². The number of nitrogens with one attached hydrogen (secondary N) is 2. The van der Waals surface area contributed by atoms with Crippen LogP contribution in [0.4, 0.5) is 36.4 Å². The first kappa shape index (κ1) is 23.0. The average Bonchev–Trinajstić information content (AvgIpc) is 3.07. The van der Waals surface area contributed by atoms with Crippen molar-refractivity contribution >= 4 is 17.5 Å². The van der Waals surface area contributed by atoms with Gasteiger partial charge in [0, 0.05) is 30.5 Å². The summed E-state index contributed by atoms with van der Waals surface area (Å²) in [5, 5.41) is 5.15. The maximum absolute atomic E-state index is 13.9. The Morgan fingerprint density at radius 2 is 1.76 bits per heavy atom. The van der Waals surface area contributed by atoms with Crippen molar-refractivity contribution < 1.29 is 30.7 Å². The normalized spacial score (nSPS) is 24.7. The lowest BCUT2D eigenvalue weighted by molar-refractivity contribution is -0.141. The molecule has 4 N–H and O–H groups in total. The van der Waals surface area contributed by atoms with Crippen LogP contribution in [-0.2, 0) is 6.18 Å². The van der Waals surface area contributed by atoms with Gasteiger partial charge in [0.1, 0.15) is 23.0 Å². The maximum Gasteiger partial charge on any atom is 0.433 e. The number of hydrogen-bond acceptors (Lipinski definition) is 6. The first-order valence-electron chi connectivity index (χ1n) is 9.74. The summed E-state index contributed by atoms with van der Waals surface area (Å²) >= 11 is 0. The van der Waals surface area contributed by atoms with Gasteiger partial charge in [-0.05, 0) is 30.7 Å². The van der Waals surface area contributed by atoms with Crippen molar-refractivity contribution in [3.8, 4) is 0 Å². The third-order valence-corrected chi connectivity index (χ3v) is 5.23. The molecule has 1 fully saturated rings. The zero-order chi connectivity index (χ0) is 24.0. The van der Waals surface area contributed by atoms with Crippen LogP contribution in [0.5, 0.6) is 0 Å². The number of aliphatic imine (C=N–C) groups is 2. The molecule has 1 aliphatic carbocycles. The number of anilines is 1. The van der Waals surface area contributed by atoms with E-state index >= 15 is 0 Å². The van der Waals surface area contributed by atoms with Crippen molar-refractivity contribution in [1.82, 2.24) is 10.3 Å². The molecule has 0 saturated heterocycles. The van der Waals surface area contributed by atoms with E-state index in [4.69, 9.17) is 5.73 Å². The molecule has 2 atom stereocenters. The summed E-state index contributed by atoms with van der Waals surface area (Å²) in [6, 6.07) is 5.57. The highest BCUT2D eigenvalue weighted by Gasteiger charge is 2.49. The third-order valence-electron chi connectivity index (χ3n) is 5.23. The minimum Gasteiger partial charge on any atom is -0.326 e. The maximum atomic E-state index is 13.9. The van der Waals surface area contributed by atoms with Crippen LogP contribution in [0.3, 0.4) is 0 Å². The summed E-state index contributed by atoms with van der Waals surface area (Å²) in [5.41, 5.74) is 4.67. The summed E-state index contributed by atoms with van der Waals surface area (Å²) in [6.45, 7) is 0. The average molecular weight is 474 g/mol. The monoisotopic (exact) mass is 474 g/mol. The van der Waals surface area contributed by atoms with Gasteiger partial charge in [0.15, 0.2) is 5.84 Å². The number of amidine groups is 1. The van der Waals surface area contributed by atoms with Gasteiger partial charge >= 0.3 is 6.18 Å². The number of benzene rings is 1. The van der Waals surface area contributed by atoms with E-state index in [1.165, 1.54) is 6.07 Å². The minimum atomic E-state index is -4.74. The Morgan fingerprint density at radius 1 is 1.06 bits per heavy atom. The first-order valence-corrected chi connectivity index (χ1v) is 9.74. The third kappa shape index (κ3) is 5.07. The fourth-order valence-corrected chi connectivity index (χ4v) is 3.71. The Morgan fingerprint density at radius 3 is 2.36 bits per heavy atom. The summed E-state index contributed by atoms with van der Waals surface area (Å²) < 4.78 is 94.2. The number of nitrogens with two attached hydrogens (primary N) is 1. The van der Waals surface area contributed by atoms with Crippen LogP contribution in [-0.4, -0.2) is 28.5 Å². The van der Waals surface area contributed by atoms with Crippen molar-refractivity contribution in [2.45, 2.75) is 37.1 Å². The molecule has 1 aromatic carbocycles. The fraction of sp³-hybridized carbons (Fsp3) is 0.350. The molecule has 4 rings (SSSR count). The molecule has 0 radical (unpaired) electrons. The number of guanidine groups is 1. The molecule has 13 heteroatoms. The second-order valence-corrected chi connectivity index (χ2v) is 7.81. The van der Waals surface area contributed by atoms with Gasteiger partial charge in [0.2, 0.25) is 17.7 Å². The molecule has 33 heavy (non-hydrogen) atoms. The largest absolute Gasteiger partial charge is 0.433 e. The van der Waals surface area contributed by atoms with Crippen molar-refractivity contribution in [3.63, 3.8) is 0 Å². The van der Waals surface area contributed by atoms with E-state index in [1.54, 1.807) is 0 Å². The van der Waals surface area contributed by atoms with E-state index in [9.17, 15) is 30.7 Å². The van der Waals surface area contributed by atoms with Crippen molar-refractivity contribution in [3.05, 3.63) is 59.4 Å². The Balaban J connectivity index is 1.73. The van der Waals surface area contributed by atoms with Gasteiger partial charge in [-0.1, -0.05) is 6.07 Å². The fourth-order valence-electron chi connectivity index (χ4n) is 3.71. The number of nitrogens with zero attached hydrogens (tertiary/aromatic N) is 3. The molecule has 6 nitrogen and oxygen atoms in total. The number of aromatic nitrogens is 1. The van der Waals surface area contributed by atoms with Gasteiger partial charge in [0.25, 0.3) is 0 Å². The van der Waals surface area contributed by atoms with Gasteiger partial charge in [0.05, 0.1) is 0 Å². The summed E-state index contributed by atoms with van der Waals surface area (Å²) in [5.74, 6) is -8.26. The van der Waals surface area contributed by atoms with E-state index in [0.717, 1.165) is 24.3 Å². The quantitative estimate of drug-likeness (QED) is 0.581. The van der Waals surface area contributed by atoms with Crippen LogP contribution in [0.15, 0.2) is 46.4 Å². The van der Waals surface area contributed by atoms with E-state index in [2.05, 4.69) is 25.6 Å². The van der Waals surface area contributed by atoms with Gasteiger partial charge in [-0.25, -0.2) is 32.5 Å². The zero-order valence-corrected chi connectivity index (χ0v) is 16.7. The SMILES string of the molecule is NC1(C2CCC(F)(F)C2)N=C(Nc2cc(F)cc(F)c2)NC(c2cccc(C(F)(F)F)n2)=N1. The first-order chi connectivity index (χ1) is 15.3. The van der Waals surface area contributed by atoms with Crippen LogP contribution >= 0.6 is 0 Å². The van der Waals surface area contributed by atoms with Crippen molar-refractivity contribution in [2.24, 2.45) is 21.6 Å². The topological polar surface area (TPSA) is 87.7 Å². The highest BCUT2D eigenvalue weighted by Crippen LogP contribution is 2.44. The minimum absolute atomic E-state index is 0.0400. The molecule has 176 valence electrons. The number of pyridine rings is 1. The Bertz CT molecular complexity index is 1110. The van der Waals surface area contributed by atoms with Crippen LogP contribution in [0.1, 0.15) is 30.7 Å². The van der Waals surface area contributed by atoms with Crippen molar-refractivity contribution in [2.75, 3.05) is 5.32 Å². The van der Waals surface area contributed by atoms with E-state index in [0.29, 0.717) is 6.07 Å². The molecule has 1 aliphatic heterocycles. The number of halogens is 7. The molecule has 2 aliphatic rings. The molecule has 1 saturated carbocycles. The number of rotatable bonds is 3. The van der Waals surface area contributed by atoms with Crippen LogP contribution in [0.2, 0.25) is 0 Å². The lowest BCUT2D eigenvalue weighted by Gasteiger charge is -2.33. The molecule has 0 spiro atoms. The smallest absolute Gasteiger partial charge is 0.326 e. The molecule has 2 aromatic rings. The molecule has 1 aromatic heterocycles. The second-order valence-electron chi connectivity index (χ2n) is 7.81. The molecule has 2 heterocycles. The summed E-state index contributed by atoms with van der Waals surface area (Å²) in [6.07, 6.45) is -5.87. The second kappa shape index (κ2) is 7.97. The molecule has 0 amide bonds. The lowest BCUT2D eigenvalue weighted by atomic mass is 9.99. The van der Waals surface area contributed by atoms with Gasteiger partial charge in [-0.15, -0.1) is 0 Å². The Hall–Kier alpha value is -3.22. The van der Waals surface area contributed by atoms with Gasteiger partial charge < -0.3 is 10.6 Å². The summed E-state index contributed by atoms with van der Waals surface area (Å²) in [7, 11) is 0. The summed E-state index contributed by atoms with van der Waals surface area (Å²) in [4.78, 5) is 11.8. The van der Waals surface area contributed by atoms with Crippen LogP contribution in [0.25, 0.3) is 0 Å². The van der Waals surface area contributed by atoms with E-state index in [1.807, 2.05) is 0 Å². The molecule has 2 unspecified atom stereocenters. The predicted octanol–water partition coefficient (Wildman–Crippen LogP) is 4.24. The van der Waals surface area contributed by atoms with Gasteiger partial charge in [-0.2, -0.15) is 13.2 Å². The predicted molar refractivity (Wildman–Crippen MR) is 106 cm³/mol. The molecular formula is C20H17F7N6. The van der Waals surface area contributed by atoms with E-state index in [-0.39, 0.29) is 29.6 Å². The standard InChI is InChI=1S/C20H17F7N6/c21-11-6-12(22)8-13(7-11)29-17-31-16(14-2-1-3-15(30-14)19(25,26)27)32-20(28,33-17)10-4-5-18(23,24)9-10/h1-3,6-8,10H,4-5,9,28H2,(H2,29,31,32,33). The van der Waals surface area contributed by atoms with Crippen molar-refractivity contribution in [1.29, 1.82) is 0 Å². The number of hydrogen-bond donors (Lipinski definition) is 3. The Kier molecular flexibility index (Phi) is 5.55. The Labute approximate surface area is 182 Å². The highest BCUT2D eigenvalue weighted by molar-refractivity contribution is 6.13. The zero-order valence-electron chi connectivity index (χ0n) is 16.7. The van der Waals surface area contributed by atoms with Gasteiger partial charge in [-0.3, -0.25) is 5.73 Å². The lowest BCUT2D eigenvalue weighted by Crippen LogP contribution is -2.53. The molecular weight excluding hydrogens is 457 g/mol. The number of alkyl halides is 5. The van der Waals surface area contributed by atoms with Crippen LogP contribution in [0, 0.1) is 17.6 Å². The molecule has 0 bridgehead atoms. The highest BCUT2D eigenvalue weighted by atomic mass is 19.4. The van der Waals surface area contributed by atoms with E-state index < -0.39 is 54.0 Å².